The zero-order valence-corrected chi connectivity index (χ0v) is 38.5. The molecule has 0 radical (unpaired) electrons. The van der Waals surface area contributed by atoms with Gasteiger partial charge < -0.3 is 0 Å². The predicted octanol–water partition coefficient (Wildman–Crippen LogP) is 17.0. The summed E-state index contributed by atoms with van der Waals surface area (Å²) in [7, 11) is 0. The van der Waals surface area contributed by atoms with Crippen molar-refractivity contribution in [1.29, 1.82) is 0 Å². The molecule has 0 bridgehead atoms. The fourth-order valence-electron chi connectivity index (χ4n) is 8.17. The molecule has 0 amide bonds. The Morgan fingerprint density at radius 1 is 0.306 bits per heavy atom. The van der Waals surface area contributed by atoms with Crippen LogP contribution in [0.15, 0.2) is 158 Å². The molecule has 0 saturated carbocycles. The average Bonchev–Trinajstić information content (AvgIpc) is 3.27. The molecule has 310 valence electrons. The van der Waals surface area contributed by atoms with Gasteiger partial charge in [0, 0.05) is 0 Å². The van der Waals surface area contributed by atoms with Crippen molar-refractivity contribution in [3.8, 4) is 0 Å². The SMILES string of the molecule is Cc1c(C)c(/C=C/c2ccc(/C=C(\c3ccccc3)c3ccc(C(C)(C)C)cc3)cc2)c(C)c(C)c1/C=C/c1ccc(/C=C(\c2ccccc2)c2ccc(C(C)(C)C)cc2)cc1. The Morgan fingerprint density at radius 3 is 0.871 bits per heavy atom. The summed E-state index contributed by atoms with van der Waals surface area (Å²) >= 11 is 0. The maximum Gasteiger partial charge on any atom is -0.0105 e. The Bertz CT molecular complexity index is 2510. The minimum Gasteiger partial charge on any atom is -0.0622 e. The number of rotatable bonds is 10. The Kier molecular flexibility index (Phi) is 13.1. The molecule has 0 fully saturated rings. The van der Waals surface area contributed by atoms with Crippen LogP contribution in [0.5, 0.6) is 0 Å². The maximum atomic E-state index is 2.31. The highest BCUT2D eigenvalue weighted by molar-refractivity contribution is 5.93. The molecular formula is C62H62. The van der Waals surface area contributed by atoms with E-state index in [9.17, 15) is 0 Å². The Hall–Kier alpha value is -6.50. The summed E-state index contributed by atoms with van der Waals surface area (Å²) in [6.07, 6.45) is 13.7. The van der Waals surface area contributed by atoms with Crippen molar-refractivity contribution < 1.29 is 0 Å². The Balaban J connectivity index is 1.09. The van der Waals surface area contributed by atoms with Crippen LogP contribution in [0.25, 0.3) is 47.6 Å². The molecule has 0 N–H and O–H groups in total. The summed E-state index contributed by atoms with van der Waals surface area (Å²) in [6.45, 7) is 22.6. The van der Waals surface area contributed by atoms with Crippen LogP contribution in [0.2, 0.25) is 0 Å². The van der Waals surface area contributed by atoms with Crippen molar-refractivity contribution in [2.24, 2.45) is 0 Å². The second-order valence-electron chi connectivity index (χ2n) is 18.8. The molecule has 7 aromatic rings. The standard InChI is InChI=1S/C62H62/c1-43-44(2)58(40-30-48-23-27-50(28-24-48)42-60(52-19-15-12-16-20-52)54-33-37-56(38-34-54)62(8,9)10)46(4)45(3)57(43)39-29-47-21-25-49(26-22-47)41-59(51-17-13-11-14-18-51)53-31-35-55(36-32-53)61(5,6)7/h11-42H,1-10H3/b39-29+,40-30+,59-41+,60-42+. The minimum atomic E-state index is 0.119. The predicted molar refractivity (Wildman–Crippen MR) is 273 cm³/mol. The first-order valence-corrected chi connectivity index (χ1v) is 22.1. The van der Waals surface area contributed by atoms with Crippen molar-refractivity contribution in [3.05, 3.63) is 247 Å². The van der Waals surface area contributed by atoms with Crippen LogP contribution in [-0.4, -0.2) is 0 Å². The van der Waals surface area contributed by atoms with Gasteiger partial charge in [-0.2, -0.15) is 0 Å². The van der Waals surface area contributed by atoms with Crippen LogP contribution in [0.3, 0.4) is 0 Å². The minimum absolute atomic E-state index is 0.119. The molecule has 7 rings (SSSR count). The molecule has 0 heterocycles. The molecule has 7 aromatic carbocycles. The second-order valence-corrected chi connectivity index (χ2v) is 18.8. The summed E-state index contributed by atoms with van der Waals surface area (Å²) in [4.78, 5) is 0. The third-order valence-corrected chi connectivity index (χ3v) is 12.4. The lowest BCUT2D eigenvalue weighted by Gasteiger charge is -2.19. The van der Waals surface area contributed by atoms with E-state index in [0.717, 1.165) is 0 Å². The van der Waals surface area contributed by atoms with E-state index in [1.54, 1.807) is 0 Å². The summed E-state index contributed by atoms with van der Waals surface area (Å²) in [6, 6.07) is 57.3. The molecule has 0 spiro atoms. The van der Waals surface area contributed by atoms with E-state index in [-0.39, 0.29) is 10.8 Å². The van der Waals surface area contributed by atoms with Gasteiger partial charge in [-0.3, -0.25) is 0 Å². The molecule has 0 aliphatic carbocycles. The van der Waals surface area contributed by atoms with Crippen LogP contribution in [0.4, 0.5) is 0 Å². The normalized spacial score (nSPS) is 12.7. The van der Waals surface area contributed by atoms with Gasteiger partial charge >= 0.3 is 0 Å². The smallest absolute Gasteiger partial charge is 0.0105 e. The van der Waals surface area contributed by atoms with Crippen molar-refractivity contribution in [2.45, 2.75) is 80.1 Å². The fraction of sp³-hybridized carbons (Fsp3) is 0.194. The van der Waals surface area contributed by atoms with E-state index >= 15 is 0 Å². The summed E-state index contributed by atoms with van der Waals surface area (Å²) < 4.78 is 0. The first-order chi connectivity index (χ1) is 29.7. The number of hydrogen-bond acceptors (Lipinski definition) is 0. The summed E-state index contributed by atoms with van der Waals surface area (Å²) in [5, 5.41) is 0. The van der Waals surface area contributed by atoms with Crippen LogP contribution in [0, 0.1) is 27.7 Å². The molecular weight excluding hydrogens is 745 g/mol. The van der Waals surface area contributed by atoms with E-state index in [4.69, 9.17) is 0 Å². The third-order valence-electron chi connectivity index (χ3n) is 12.4. The van der Waals surface area contributed by atoms with Gasteiger partial charge in [-0.25, -0.2) is 0 Å². The molecule has 0 nitrogen and oxygen atoms in total. The molecule has 0 aliphatic heterocycles. The monoisotopic (exact) mass is 806 g/mol. The Morgan fingerprint density at radius 2 is 0.581 bits per heavy atom. The average molecular weight is 807 g/mol. The lowest BCUT2D eigenvalue weighted by molar-refractivity contribution is 0.590. The maximum absolute atomic E-state index is 2.31. The van der Waals surface area contributed by atoms with Gasteiger partial charge in [-0.05, 0) is 151 Å². The zero-order chi connectivity index (χ0) is 44.0. The van der Waals surface area contributed by atoms with Crippen LogP contribution < -0.4 is 0 Å². The highest BCUT2D eigenvalue weighted by Crippen LogP contribution is 2.33. The van der Waals surface area contributed by atoms with E-state index < -0.39 is 0 Å². The van der Waals surface area contributed by atoms with Gasteiger partial charge in [0.25, 0.3) is 0 Å². The molecule has 0 saturated heterocycles. The van der Waals surface area contributed by atoms with Gasteiger partial charge in [0.2, 0.25) is 0 Å². The highest BCUT2D eigenvalue weighted by atomic mass is 14.2. The summed E-state index contributed by atoms with van der Waals surface area (Å²) in [5.74, 6) is 0. The van der Waals surface area contributed by atoms with Crippen LogP contribution in [-0.2, 0) is 10.8 Å². The van der Waals surface area contributed by atoms with Crippen LogP contribution in [0.1, 0.15) is 131 Å². The highest BCUT2D eigenvalue weighted by Gasteiger charge is 2.16. The lowest BCUT2D eigenvalue weighted by Crippen LogP contribution is -2.10. The van der Waals surface area contributed by atoms with Gasteiger partial charge in [-0.15, -0.1) is 0 Å². The van der Waals surface area contributed by atoms with E-state index in [2.05, 4.69) is 263 Å². The van der Waals surface area contributed by atoms with Crippen molar-refractivity contribution >= 4 is 47.6 Å². The largest absolute Gasteiger partial charge is 0.0622 e. The first kappa shape index (κ1) is 43.6. The summed E-state index contributed by atoms with van der Waals surface area (Å²) in [5.41, 5.74) is 22.8. The molecule has 0 unspecified atom stereocenters. The third kappa shape index (κ3) is 10.3. The fourth-order valence-corrected chi connectivity index (χ4v) is 8.17. The van der Waals surface area contributed by atoms with Gasteiger partial charge in [-0.1, -0.05) is 224 Å². The van der Waals surface area contributed by atoms with Crippen LogP contribution >= 0.6 is 0 Å². The quantitative estimate of drug-likeness (QED) is 0.121. The van der Waals surface area contributed by atoms with Gasteiger partial charge in [0.1, 0.15) is 0 Å². The molecule has 0 aliphatic rings. The van der Waals surface area contributed by atoms with E-state index in [0.29, 0.717) is 0 Å². The first-order valence-electron chi connectivity index (χ1n) is 22.1. The van der Waals surface area contributed by atoms with Crippen molar-refractivity contribution in [2.75, 3.05) is 0 Å². The zero-order valence-electron chi connectivity index (χ0n) is 38.5. The van der Waals surface area contributed by atoms with Crippen molar-refractivity contribution in [3.63, 3.8) is 0 Å². The van der Waals surface area contributed by atoms with Gasteiger partial charge in [0.15, 0.2) is 0 Å². The second kappa shape index (κ2) is 18.6. The molecule has 0 aromatic heterocycles. The topological polar surface area (TPSA) is 0 Å². The Labute approximate surface area is 372 Å². The van der Waals surface area contributed by atoms with E-state index in [1.165, 1.54) is 100 Å². The number of hydrogen-bond donors (Lipinski definition) is 0. The van der Waals surface area contributed by atoms with Crippen molar-refractivity contribution in [1.82, 2.24) is 0 Å². The number of benzene rings is 7. The lowest BCUT2D eigenvalue weighted by atomic mass is 9.85. The molecule has 0 atom stereocenters. The van der Waals surface area contributed by atoms with Gasteiger partial charge in [0.05, 0.1) is 0 Å². The molecule has 62 heavy (non-hydrogen) atoms. The van der Waals surface area contributed by atoms with E-state index in [1.807, 2.05) is 0 Å². The molecule has 0 heteroatoms.